The van der Waals surface area contributed by atoms with Gasteiger partial charge in [0.15, 0.2) is 0 Å². The number of nitrogens with zero attached hydrogens (tertiary/aromatic N) is 2. The van der Waals surface area contributed by atoms with Gasteiger partial charge in [-0.15, -0.1) is 0 Å². The van der Waals surface area contributed by atoms with Crippen LogP contribution < -0.4 is 5.32 Å². The molecule has 0 unspecified atom stereocenters. The molecule has 116 valence electrons. The highest BCUT2D eigenvalue weighted by Crippen LogP contribution is 2.07. The Hall–Kier alpha value is -2.24. The van der Waals surface area contributed by atoms with Gasteiger partial charge < -0.3 is 10.4 Å². The average Bonchev–Trinajstić information content (AvgIpc) is 2.47. The van der Waals surface area contributed by atoms with E-state index in [1.54, 1.807) is 6.07 Å². The Kier molecular flexibility index (Phi) is 5.63. The zero-order valence-corrected chi connectivity index (χ0v) is 12.9. The van der Waals surface area contributed by atoms with Crippen LogP contribution in [0.5, 0.6) is 0 Å². The second-order valence-electron chi connectivity index (χ2n) is 5.36. The van der Waals surface area contributed by atoms with Crippen molar-refractivity contribution in [3.8, 4) is 0 Å². The van der Waals surface area contributed by atoms with Gasteiger partial charge in [0.05, 0.1) is 13.2 Å². The van der Waals surface area contributed by atoms with Gasteiger partial charge in [-0.3, -0.25) is 9.69 Å². The van der Waals surface area contributed by atoms with Crippen molar-refractivity contribution in [1.29, 1.82) is 0 Å². The molecule has 0 saturated heterocycles. The summed E-state index contributed by atoms with van der Waals surface area (Å²) in [7, 11) is 1.89. The standard InChI is InChI=1S/C17H21N3O2/c1-13-4-3-5-16(18-13)19-17(22)11-20(2)10-14-6-8-15(12-21)9-7-14/h3-9,21H,10-12H2,1-2H3,(H,18,19,22). The van der Waals surface area contributed by atoms with Crippen LogP contribution >= 0.6 is 0 Å². The van der Waals surface area contributed by atoms with Gasteiger partial charge in [-0.25, -0.2) is 4.98 Å². The fourth-order valence-electron chi connectivity index (χ4n) is 2.16. The number of benzene rings is 1. The number of rotatable bonds is 6. The number of amides is 1. The Morgan fingerprint density at radius 3 is 2.50 bits per heavy atom. The van der Waals surface area contributed by atoms with Crippen LogP contribution in [0.25, 0.3) is 0 Å². The van der Waals surface area contributed by atoms with Crippen molar-refractivity contribution in [3.05, 3.63) is 59.3 Å². The first-order chi connectivity index (χ1) is 10.6. The first kappa shape index (κ1) is 16.1. The fraction of sp³-hybridized carbons (Fsp3) is 0.294. The van der Waals surface area contributed by atoms with E-state index in [2.05, 4.69) is 10.3 Å². The van der Waals surface area contributed by atoms with Crippen molar-refractivity contribution in [2.45, 2.75) is 20.1 Å². The zero-order valence-electron chi connectivity index (χ0n) is 12.9. The van der Waals surface area contributed by atoms with E-state index in [1.165, 1.54) is 0 Å². The largest absolute Gasteiger partial charge is 0.392 e. The van der Waals surface area contributed by atoms with E-state index in [0.717, 1.165) is 16.8 Å². The predicted molar refractivity (Wildman–Crippen MR) is 86.3 cm³/mol. The number of hydrogen-bond donors (Lipinski definition) is 2. The van der Waals surface area contributed by atoms with Crippen LogP contribution in [-0.2, 0) is 17.9 Å². The molecular formula is C17H21N3O2. The number of carbonyl (C=O) groups excluding carboxylic acids is 1. The minimum atomic E-state index is -0.0902. The van der Waals surface area contributed by atoms with E-state index < -0.39 is 0 Å². The molecule has 5 heteroatoms. The van der Waals surface area contributed by atoms with E-state index in [4.69, 9.17) is 5.11 Å². The molecule has 0 atom stereocenters. The molecule has 5 nitrogen and oxygen atoms in total. The number of aromatic nitrogens is 1. The highest BCUT2D eigenvalue weighted by Gasteiger charge is 2.08. The molecule has 2 aromatic rings. The first-order valence-corrected chi connectivity index (χ1v) is 7.17. The Labute approximate surface area is 130 Å². The topological polar surface area (TPSA) is 65.5 Å². The number of anilines is 1. The summed E-state index contributed by atoms with van der Waals surface area (Å²) in [5, 5.41) is 11.8. The van der Waals surface area contributed by atoms with Crippen LogP contribution in [0.2, 0.25) is 0 Å². The van der Waals surface area contributed by atoms with Crippen molar-refractivity contribution in [2.24, 2.45) is 0 Å². The van der Waals surface area contributed by atoms with E-state index in [-0.39, 0.29) is 19.1 Å². The molecule has 0 aliphatic carbocycles. The second-order valence-corrected chi connectivity index (χ2v) is 5.36. The quantitative estimate of drug-likeness (QED) is 0.855. The lowest BCUT2D eigenvalue weighted by Crippen LogP contribution is -2.30. The highest BCUT2D eigenvalue weighted by molar-refractivity contribution is 5.91. The minimum Gasteiger partial charge on any atom is -0.392 e. The molecule has 0 spiro atoms. The van der Waals surface area contributed by atoms with Crippen LogP contribution in [0.15, 0.2) is 42.5 Å². The molecule has 1 heterocycles. The highest BCUT2D eigenvalue weighted by atomic mass is 16.3. The monoisotopic (exact) mass is 299 g/mol. The van der Waals surface area contributed by atoms with Crippen molar-refractivity contribution >= 4 is 11.7 Å². The van der Waals surface area contributed by atoms with Crippen molar-refractivity contribution < 1.29 is 9.90 Å². The molecule has 0 aliphatic heterocycles. The summed E-state index contributed by atoms with van der Waals surface area (Å²) in [6.45, 7) is 2.89. The molecule has 1 aromatic carbocycles. The van der Waals surface area contributed by atoms with Crippen LogP contribution in [0.3, 0.4) is 0 Å². The van der Waals surface area contributed by atoms with Crippen molar-refractivity contribution in [2.75, 3.05) is 18.9 Å². The molecule has 22 heavy (non-hydrogen) atoms. The molecule has 0 saturated carbocycles. The lowest BCUT2D eigenvalue weighted by molar-refractivity contribution is -0.117. The lowest BCUT2D eigenvalue weighted by Gasteiger charge is -2.16. The summed E-state index contributed by atoms with van der Waals surface area (Å²) in [6.07, 6.45) is 0. The first-order valence-electron chi connectivity index (χ1n) is 7.17. The summed E-state index contributed by atoms with van der Waals surface area (Å²) in [4.78, 5) is 18.2. The van der Waals surface area contributed by atoms with Gasteiger partial charge >= 0.3 is 0 Å². The maximum absolute atomic E-state index is 12.0. The molecule has 0 fully saturated rings. The predicted octanol–water partition coefficient (Wildman–Crippen LogP) is 1.95. The third-order valence-electron chi connectivity index (χ3n) is 3.23. The number of aryl methyl sites for hydroxylation is 1. The molecule has 0 bridgehead atoms. The van der Waals surface area contributed by atoms with Crippen LogP contribution in [0.4, 0.5) is 5.82 Å². The number of likely N-dealkylation sites (N-methyl/N-ethyl adjacent to an activating group) is 1. The van der Waals surface area contributed by atoms with Gasteiger partial charge in [0.25, 0.3) is 0 Å². The van der Waals surface area contributed by atoms with Crippen LogP contribution in [-0.4, -0.2) is 34.5 Å². The molecule has 2 rings (SSSR count). The van der Waals surface area contributed by atoms with E-state index in [9.17, 15) is 4.79 Å². The molecule has 1 amide bonds. The molecule has 2 N–H and O–H groups in total. The number of aliphatic hydroxyl groups is 1. The maximum Gasteiger partial charge on any atom is 0.239 e. The smallest absolute Gasteiger partial charge is 0.239 e. The third kappa shape index (κ3) is 4.95. The normalized spacial score (nSPS) is 10.7. The third-order valence-corrected chi connectivity index (χ3v) is 3.23. The summed E-state index contributed by atoms with van der Waals surface area (Å²) in [5.41, 5.74) is 2.85. The number of nitrogens with one attached hydrogen (secondary N) is 1. The van der Waals surface area contributed by atoms with Crippen molar-refractivity contribution in [1.82, 2.24) is 9.88 Å². The van der Waals surface area contributed by atoms with Gasteiger partial charge in [-0.05, 0) is 37.2 Å². The Morgan fingerprint density at radius 2 is 1.86 bits per heavy atom. The van der Waals surface area contributed by atoms with Gasteiger partial charge in [0.1, 0.15) is 5.82 Å². The zero-order chi connectivity index (χ0) is 15.9. The lowest BCUT2D eigenvalue weighted by atomic mass is 10.1. The molecular weight excluding hydrogens is 278 g/mol. The summed E-state index contributed by atoms with van der Waals surface area (Å²) < 4.78 is 0. The van der Waals surface area contributed by atoms with Gasteiger partial charge in [0.2, 0.25) is 5.91 Å². The van der Waals surface area contributed by atoms with E-state index >= 15 is 0 Å². The van der Waals surface area contributed by atoms with Crippen molar-refractivity contribution in [3.63, 3.8) is 0 Å². The number of carbonyl (C=O) groups is 1. The van der Waals surface area contributed by atoms with Gasteiger partial charge in [-0.1, -0.05) is 30.3 Å². The van der Waals surface area contributed by atoms with E-state index in [1.807, 2.05) is 55.3 Å². The minimum absolute atomic E-state index is 0.0437. The number of hydrogen-bond acceptors (Lipinski definition) is 4. The summed E-state index contributed by atoms with van der Waals surface area (Å²) in [5.74, 6) is 0.485. The Morgan fingerprint density at radius 1 is 1.18 bits per heavy atom. The Bertz CT molecular complexity index is 626. The average molecular weight is 299 g/mol. The fourth-order valence-corrected chi connectivity index (χ4v) is 2.16. The number of aliphatic hydroxyl groups excluding tert-OH is 1. The van der Waals surface area contributed by atoms with Crippen LogP contribution in [0, 0.1) is 6.92 Å². The molecule has 0 aliphatic rings. The van der Waals surface area contributed by atoms with Crippen LogP contribution in [0.1, 0.15) is 16.8 Å². The maximum atomic E-state index is 12.0. The summed E-state index contributed by atoms with van der Waals surface area (Å²) >= 11 is 0. The molecule has 0 radical (unpaired) electrons. The SMILES string of the molecule is Cc1cccc(NC(=O)CN(C)Cc2ccc(CO)cc2)n1. The summed E-state index contributed by atoms with van der Waals surface area (Å²) in [6, 6.07) is 13.2. The van der Waals surface area contributed by atoms with Gasteiger partial charge in [0, 0.05) is 12.2 Å². The molecule has 1 aromatic heterocycles. The Balaban J connectivity index is 1.85. The van der Waals surface area contributed by atoms with E-state index in [0.29, 0.717) is 12.4 Å². The van der Waals surface area contributed by atoms with Gasteiger partial charge in [-0.2, -0.15) is 0 Å². The second kappa shape index (κ2) is 7.68. The number of pyridine rings is 1.